The van der Waals surface area contributed by atoms with E-state index < -0.39 is 6.04 Å². The highest BCUT2D eigenvalue weighted by atomic mass is 16.5. The number of carbonyl (C=O) groups is 2. The van der Waals surface area contributed by atoms with Crippen molar-refractivity contribution in [3.05, 3.63) is 23.8 Å². The fraction of sp³-hybridized carbons (Fsp3) is 0.556. The molecule has 0 spiro atoms. The third-order valence-corrected chi connectivity index (χ3v) is 4.52. The van der Waals surface area contributed by atoms with E-state index in [-0.39, 0.29) is 11.8 Å². The third kappa shape index (κ3) is 3.93. The normalized spacial score (nSPS) is 20.5. The molecule has 0 aliphatic carbocycles. The van der Waals surface area contributed by atoms with Crippen LogP contribution in [-0.2, 0) is 14.3 Å². The van der Waals surface area contributed by atoms with Crippen LogP contribution in [0.15, 0.2) is 18.2 Å². The molecular formula is C18H25N3O4. The van der Waals surface area contributed by atoms with Crippen molar-refractivity contribution in [1.29, 1.82) is 0 Å². The van der Waals surface area contributed by atoms with E-state index in [2.05, 4.69) is 10.2 Å². The molecule has 1 atom stereocenters. The van der Waals surface area contributed by atoms with Gasteiger partial charge >= 0.3 is 0 Å². The fourth-order valence-corrected chi connectivity index (χ4v) is 3.31. The van der Waals surface area contributed by atoms with Crippen molar-refractivity contribution in [3.63, 3.8) is 0 Å². The van der Waals surface area contributed by atoms with Gasteiger partial charge in [-0.05, 0) is 25.1 Å². The van der Waals surface area contributed by atoms with Crippen LogP contribution in [0.2, 0.25) is 0 Å². The van der Waals surface area contributed by atoms with Crippen LogP contribution in [0, 0.1) is 0 Å². The Kier molecular flexibility index (Phi) is 5.55. The van der Waals surface area contributed by atoms with Gasteiger partial charge in [0.2, 0.25) is 5.91 Å². The lowest BCUT2D eigenvalue weighted by atomic mass is 10.1. The molecule has 2 heterocycles. The number of benzene rings is 1. The lowest BCUT2D eigenvalue weighted by molar-refractivity contribution is -0.126. The summed E-state index contributed by atoms with van der Waals surface area (Å²) in [7, 11) is 0. The van der Waals surface area contributed by atoms with Crippen LogP contribution in [0.3, 0.4) is 0 Å². The van der Waals surface area contributed by atoms with Crippen molar-refractivity contribution < 1.29 is 19.1 Å². The number of amides is 2. The SMILES string of the molecule is CCOc1ccc2c(c1)[C@H](NC(C)=O)C(=O)N2CCN1CCOCC1. The number of nitrogens with zero attached hydrogens (tertiary/aromatic N) is 2. The van der Waals surface area contributed by atoms with Crippen molar-refractivity contribution in [3.8, 4) is 5.75 Å². The fourth-order valence-electron chi connectivity index (χ4n) is 3.31. The highest BCUT2D eigenvalue weighted by Gasteiger charge is 2.38. The van der Waals surface area contributed by atoms with E-state index in [0.29, 0.717) is 18.9 Å². The van der Waals surface area contributed by atoms with Gasteiger partial charge < -0.3 is 19.7 Å². The molecule has 0 bridgehead atoms. The molecule has 2 aliphatic rings. The molecule has 0 aromatic heterocycles. The predicted octanol–water partition coefficient (Wildman–Crippen LogP) is 0.941. The van der Waals surface area contributed by atoms with E-state index in [0.717, 1.165) is 44.1 Å². The zero-order valence-electron chi connectivity index (χ0n) is 14.8. The quantitative estimate of drug-likeness (QED) is 0.829. The molecule has 1 saturated heterocycles. The second kappa shape index (κ2) is 7.84. The van der Waals surface area contributed by atoms with Crippen LogP contribution >= 0.6 is 0 Å². The van der Waals surface area contributed by atoms with Gasteiger partial charge in [-0.15, -0.1) is 0 Å². The first-order chi connectivity index (χ1) is 12.1. The first-order valence-electron chi connectivity index (χ1n) is 8.75. The van der Waals surface area contributed by atoms with E-state index in [9.17, 15) is 9.59 Å². The lowest BCUT2D eigenvalue weighted by Gasteiger charge is -2.28. The standard InChI is InChI=1S/C18H25N3O4/c1-3-25-14-4-5-16-15(12-14)17(19-13(2)22)18(23)21(16)7-6-20-8-10-24-11-9-20/h4-5,12,17H,3,6-11H2,1-2H3,(H,19,22)/t17-/m0/s1. The third-order valence-electron chi connectivity index (χ3n) is 4.52. The average Bonchev–Trinajstić information content (AvgIpc) is 2.85. The molecule has 1 N–H and O–H groups in total. The topological polar surface area (TPSA) is 71.1 Å². The highest BCUT2D eigenvalue weighted by Crippen LogP contribution is 2.38. The van der Waals surface area contributed by atoms with Crippen LogP contribution in [0.1, 0.15) is 25.5 Å². The second-order valence-electron chi connectivity index (χ2n) is 6.23. The van der Waals surface area contributed by atoms with Gasteiger partial charge in [0.25, 0.3) is 5.91 Å². The van der Waals surface area contributed by atoms with Gasteiger partial charge in [-0.1, -0.05) is 0 Å². The van der Waals surface area contributed by atoms with Crippen LogP contribution in [0.4, 0.5) is 5.69 Å². The summed E-state index contributed by atoms with van der Waals surface area (Å²) in [6.45, 7) is 8.50. The summed E-state index contributed by atoms with van der Waals surface area (Å²) in [5.41, 5.74) is 1.65. The van der Waals surface area contributed by atoms with Crippen molar-refractivity contribution in [2.45, 2.75) is 19.9 Å². The molecule has 1 fully saturated rings. The summed E-state index contributed by atoms with van der Waals surface area (Å²) < 4.78 is 10.9. The Morgan fingerprint density at radius 3 is 2.76 bits per heavy atom. The minimum absolute atomic E-state index is 0.0906. The number of carbonyl (C=O) groups excluding carboxylic acids is 2. The van der Waals surface area contributed by atoms with Crippen LogP contribution in [-0.4, -0.2) is 62.7 Å². The Labute approximate surface area is 147 Å². The minimum Gasteiger partial charge on any atom is -0.494 e. The molecule has 1 aromatic rings. The highest BCUT2D eigenvalue weighted by molar-refractivity contribution is 6.06. The molecule has 2 aliphatic heterocycles. The van der Waals surface area contributed by atoms with Gasteiger partial charge in [0.15, 0.2) is 0 Å². The first-order valence-corrected chi connectivity index (χ1v) is 8.75. The van der Waals surface area contributed by atoms with Gasteiger partial charge in [-0.2, -0.15) is 0 Å². The summed E-state index contributed by atoms with van der Waals surface area (Å²) in [5.74, 6) is 0.396. The molecule has 0 unspecified atom stereocenters. The molecule has 1 aromatic carbocycles. The predicted molar refractivity (Wildman–Crippen MR) is 93.8 cm³/mol. The summed E-state index contributed by atoms with van der Waals surface area (Å²) in [6.07, 6.45) is 0. The number of morpholine rings is 1. The number of hydrogen-bond acceptors (Lipinski definition) is 5. The lowest BCUT2D eigenvalue weighted by Crippen LogP contribution is -2.43. The van der Waals surface area contributed by atoms with Crippen molar-refractivity contribution in [2.75, 3.05) is 50.9 Å². The molecular weight excluding hydrogens is 322 g/mol. The number of ether oxygens (including phenoxy) is 2. The van der Waals surface area contributed by atoms with E-state index in [1.807, 2.05) is 25.1 Å². The maximum Gasteiger partial charge on any atom is 0.254 e. The summed E-state index contributed by atoms with van der Waals surface area (Å²) in [5, 5.41) is 2.77. The monoisotopic (exact) mass is 347 g/mol. The summed E-state index contributed by atoms with van der Waals surface area (Å²) >= 11 is 0. The largest absolute Gasteiger partial charge is 0.494 e. The Morgan fingerprint density at radius 1 is 1.32 bits per heavy atom. The number of hydrogen-bond donors (Lipinski definition) is 1. The van der Waals surface area contributed by atoms with Gasteiger partial charge in [-0.25, -0.2) is 0 Å². The average molecular weight is 347 g/mol. The van der Waals surface area contributed by atoms with Crippen LogP contribution in [0.5, 0.6) is 5.75 Å². The molecule has 3 rings (SSSR count). The zero-order chi connectivity index (χ0) is 17.8. The molecule has 136 valence electrons. The number of fused-ring (bicyclic) bond motifs is 1. The Hall–Kier alpha value is -2.12. The van der Waals surface area contributed by atoms with Gasteiger partial charge in [0, 0.05) is 44.4 Å². The van der Waals surface area contributed by atoms with E-state index >= 15 is 0 Å². The Bertz CT molecular complexity index is 643. The molecule has 0 saturated carbocycles. The molecule has 2 amide bonds. The Morgan fingerprint density at radius 2 is 2.08 bits per heavy atom. The maximum atomic E-state index is 12.9. The molecule has 7 nitrogen and oxygen atoms in total. The molecule has 7 heteroatoms. The second-order valence-corrected chi connectivity index (χ2v) is 6.23. The number of nitrogens with one attached hydrogen (secondary N) is 1. The van der Waals surface area contributed by atoms with Gasteiger partial charge in [-0.3, -0.25) is 14.5 Å². The smallest absolute Gasteiger partial charge is 0.254 e. The van der Waals surface area contributed by atoms with Crippen molar-refractivity contribution in [1.82, 2.24) is 10.2 Å². The van der Waals surface area contributed by atoms with E-state index in [4.69, 9.17) is 9.47 Å². The molecule has 25 heavy (non-hydrogen) atoms. The first kappa shape index (κ1) is 17.7. The van der Waals surface area contributed by atoms with E-state index in [1.54, 1.807) is 4.90 Å². The van der Waals surface area contributed by atoms with Crippen LogP contribution < -0.4 is 15.0 Å². The zero-order valence-corrected chi connectivity index (χ0v) is 14.8. The summed E-state index contributed by atoms with van der Waals surface area (Å²) in [6, 6.07) is 4.98. The van der Waals surface area contributed by atoms with Crippen LogP contribution in [0.25, 0.3) is 0 Å². The van der Waals surface area contributed by atoms with E-state index in [1.165, 1.54) is 6.92 Å². The summed E-state index contributed by atoms with van der Waals surface area (Å²) in [4.78, 5) is 28.5. The Balaban J connectivity index is 1.79. The number of anilines is 1. The minimum atomic E-state index is -0.641. The maximum absolute atomic E-state index is 12.9. The van der Waals surface area contributed by atoms with Gasteiger partial charge in [0.05, 0.1) is 19.8 Å². The van der Waals surface area contributed by atoms with Gasteiger partial charge in [0.1, 0.15) is 11.8 Å². The number of rotatable bonds is 6. The van der Waals surface area contributed by atoms with Crippen molar-refractivity contribution in [2.24, 2.45) is 0 Å². The van der Waals surface area contributed by atoms with Crippen molar-refractivity contribution >= 4 is 17.5 Å². The molecule has 0 radical (unpaired) electrons.